The molecule has 0 aliphatic heterocycles. The van der Waals surface area contributed by atoms with Crippen molar-refractivity contribution in [3.05, 3.63) is 59.2 Å². The number of rotatable bonds is 3. The lowest BCUT2D eigenvalue weighted by molar-refractivity contribution is 0.100. The summed E-state index contributed by atoms with van der Waals surface area (Å²) in [5, 5.41) is 7.64. The lowest BCUT2D eigenvalue weighted by Crippen LogP contribution is -2.16. The third-order valence-corrected chi connectivity index (χ3v) is 3.02. The molecule has 0 saturated carbocycles. The first-order chi connectivity index (χ1) is 9.02. The number of nitrogens with one attached hydrogen (secondary N) is 1. The predicted octanol–water partition coefficient (Wildman–Crippen LogP) is 2.04. The molecule has 2 aromatic rings. The molecule has 4 nitrogen and oxygen atoms in total. The van der Waals surface area contributed by atoms with Crippen molar-refractivity contribution in [2.24, 2.45) is 11.5 Å². The van der Waals surface area contributed by atoms with Crippen molar-refractivity contribution in [3.63, 3.8) is 0 Å². The highest BCUT2D eigenvalue weighted by atomic mass is 16.1. The van der Waals surface area contributed by atoms with Gasteiger partial charge in [0.25, 0.3) is 0 Å². The molecule has 2 rings (SSSR count). The molecule has 0 heterocycles. The van der Waals surface area contributed by atoms with Crippen molar-refractivity contribution in [2.75, 3.05) is 0 Å². The van der Waals surface area contributed by atoms with Gasteiger partial charge in [0, 0.05) is 11.1 Å². The van der Waals surface area contributed by atoms with Gasteiger partial charge in [0.2, 0.25) is 5.91 Å². The Morgan fingerprint density at radius 1 is 1.00 bits per heavy atom. The number of carbonyl (C=O) groups is 1. The first-order valence-corrected chi connectivity index (χ1v) is 5.85. The molecule has 19 heavy (non-hydrogen) atoms. The van der Waals surface area contributed by atoms with E-state index in [1.54, 1.807) is 18.2 Å². The Morgan fingerprint density at radius 3 is 2.26 bits per heavy atom. The second-order valence-electron chi connectivity index (χ2n) is 4.32. The van der Waals surface area contributed by atoms with Gasteiger partial charge in [-0.1, -0.05) is 36.4 Å². The van der Waals surface area contributed by atoms with E-state index in [1.807, 2.05) is 31.2 Å². The lowest BCUT2D eigenvalue weighted by Gasteiger charge is -2.14. The van der Waals surface area contributed by atoms with Crippen LogP contribution in [0.3, 0.4) is 0 Å². The fraction of sp³-hybridized carbons (Fsp3) is 0.0667. The number of primary amides is 1. The van der Waals surface area contributed by atoms with E-state index < -0.39 is 5.91 Å². The van der Waals surface area contributed by atoms with E-state index in [0.717, 1.165) is 16.7 Å². The molecule has 4 heteroatoms. The second kappa shape index (κ2) is 4.94. The van der Waals surface area contributed by atoms with Crippen LogP contribution in [0.15, 0.2) is 42.5 Å². The number of nitrogen functional groups attached to an aromatic ring is 1. The molecule has 0 aromatic heterocycles. The standard InChI is InChI=1S/C15H15N3O/c1-9-5-4-8-12(15(18)19)13(9)10-6-2-3-7-11(10)14(16)17/h2-8H,1H3,(H3,16,17)(H2,18,19). The van der Waals surface area contributed by atoms with Crippen molar-refractivity contribution in [3.8, 4) is 11.1 Å². The van der Waals surface area contributed by atoms with E-state index in [1.165, 1.54) is 0 Å². The van der Waals surface area contributed by atoms with Crippen LogP contribution in [0.4, 0.5) is 0 Å². The van der Waals surface area contributed by atoms with Crippen molar-refractivity contribution >= 4 is 11.7 Å². The first kappa shape index (κ1) is 12.8. The Labute approximate surface area is 111 Å². The molecule has 0 spiro atoms. The van der Waals surface area contributed by atoms with Gasteiger partial charge in [-0.25, -0.2) is 0 Å². The van der Waals surface area contributed by atoms with Crippen LogP contribution in [-0.2, 0) is 0 Å². The molecule has 0 saturated heterocycles. The molecule has 0 atom stereocenters. The molecular weight excluding hydrogens is 238 g/mol. The van der Waals surface area contributed by atoms with Gasteiger partial charge in [-0.2, -0.15) is 0 Å². The minimum Gasteiger partial charge on any atom is -0.384 e. The van der Waals surface area contributed by atoms with Gasteiger partial charge < -0.3 is 11.5 Å². The highest BCUT2D eigenvalue weighted by Gasteiger charge is 2.15. The molecule has 0 aliphatic rings. The molecule has 2 aromatic carbocycles. The molecule has 0 aliphatic carbocycles. The lowest BCUT2D eigenvalue weighted by atomic mass is 9.91. The Hall–Kier alpha value is -2.62. The number of nitrogens with two attached hydrogens (primary N) is 2. The van der Waals surface area contributed by atoms with Crippen LogP contribution in [0.5, 0.6) is 0 Å². The van der Waals surface area contributed by atoms with Gasteiger partial charge in [-0.05, 0) is 29.7 Å². The van der Waals surface area contributed by atoms with E-state index in [4.69, 9.17) is 16.9 Å². The summed E-state index contributed by atoms with van der Waals surface area (Å²) in [5.41, 5.74) is 14.5. The number of amidine groups is 1. The summed E-state index contributed by atoms with van der Waals surface area (Å²) >= 11 is 0. The predicted molar refractivity (Wildman–Crippen MR) is 76.1 cm³/mol. The van der Waals surface area contributed by atoms with Gasteiger partial charge in [0.15, 0.2) is 0 Å². The van der Waals surface area contributed by atoms with Crippen LogP contribution in [0.2, 0.25) is 0 Å². The third kappa shape index (κ3) is 2.33. The topological polar surface area (TPSA) is 93.0 Å². The fourth-order valence-corrected chi connectivity index (χ4v) is 2.17. The third-order valence-electron chi connectivity index (χ3n) is 3.02. The number of hydrogen-bond acceptors (Lipinski definition) is 2. The zero-order chi connectivity index (χ0) is 14.0. The van der Waals surface area contributed by atoms with Crippen LogP contribution < -0.4 is 11.5 Å². The summed E-state index contributed by atoms with van der Waals surface area (Å²) in [5.74, 6) is -0.522. The quantitative estimate of drug-likeness (QED) is 0.577. The summed E-state index contributed by atoms with van der Waals surface area (Å²) in [6, 6.07) is 12.6. The fourth-order valence-electron chi connectivity index (χ4n) is 2.17. The van der Waals surface area contributed by atoms with Crippen molar-refractivity contribution in [1.82, 2.24) is 0 Å². The summed E-state index contributed by atoms with van der Waals surface area (Å²) in [7, 11) is 0. The highest BCUT2D eigenvalue weighted by Crippen LogP contribution is 2.30. The van der Waals surface area contributed by atoms with Gasteiger partial charge in [-0.15, -0.1) is 0 Å². The van der Waals surface area contributed by atoms with Crippen molar-refractivity contribution in [1.29, 1.82) is 5.41 Å². The minimum atomic E-state index is -0.489. The molecule has 96 valence electrons. The summed E-state index contributed by atoms with van der Waals surface area (Å²) in [6.07, 6.45) is 0. The summed E-state index contributed by atoms with van der Waals surface area (Å²) < 4.78 is 0. The molecule has 0 unspecified atom stereocenters. The molecule has 5 N–H and O–H groups in total. The van der Waals surface area contributed by atoms with Crippen LogP contribution in [0.25, 0.3) is 11.1 Å². The Bertz CT molecular complexity index is 662. The maximum Gasteiger partial charge on any atom is 0.249 e. The Kier molecular flexibility index (Phi) is 3.33. The first-order valence-electron chi connectivity index (χ1n) is 5.85. The van der Waals surface area contributed by atoms with Crippen LogP contribution in [0, 0.1) is 12.3 Å². The van der Waals surface area contributed by atoms with Gasteiger partial charge in [-0.3, -0.25) is 10.2 Å². The SMILES string of the molecule is Cc1cccc(C(N)=O)c1-c1ccccc1C(=N)N. The average molecular weight is 253 g/mol. The number of amides is 1. The van der Waals surface area contributed by atoms with Gasteiger partial charge in [0.05, 0.1) is 0 Å². The summed E-state index contributed by atoms with van der Waals surface area (Å²) in [4.78, 5) is 11.6. The molecule has 0 radical (unpaired) electrons. The smallest absolute Gasteiger partial charge is 0.249 e. The second-order valence-corrected chi connectivity index (χ2v) is 4.32. The van der Waals surface area contributed by atoms with E-state index >= 15 is 0 Å². The van der Waals surface area contributed by atoms with E-state index in [0.29, 0.717) is 11.1 Å². The average Bonchev–Trinajstić information content (AvgIpc) is 2.38. The number of benzene rings is 2. The molecule has 1 amide bonds. The number of hydrogen-bond donors (Lipinski definition) is 3. The van der Waals surface area contributed by atoms with Crippen molar-refractivity contribution in [2.45, 2.75) is 6.92 Å². The van der Waals surface area contributed by atoms with E-state index in [9.17, 15) is 4.79 Å². The number of aryl methyl sites for hydroxylation is 1. The molecule has 0 fully saturated rings. The van der Waals surface area contributed by atoms with E-state index in [2.05, 4.69) is 0 Å². The Balaban J connectivity index is 2.79. The van der Waals surface area contributed by atoms with Crippen LogP contribution in [-0.4, -0.2) is 11.7 Å². The Morgan fingerprint density at radius 2 is 1.63 bits per heavy atom. The molecule has 0 bridgehead atoms. The van der Waals surface area contributed by atoms with Crippen LogP contribution >= 0.6 is 0 Å². The maximum atomic E-state index is 11.6. The zero-order valence-electron chi connectivity index (χ0n) is 10.6. The minimum absolute atomic E-state index is 0.0331. The van der Waals surface area contributed by atoms with E-state index in [-0.39, 0.29) is 5.84 Å². The van der Waals surface area contributed by atoms with Gasteiger partial charge in [0.1, 0.15) is 5.84 Å². The number of carbonyl (C=O) groups excluding carboxylic acids is 1. The maximum absolute atomic E-state index is 11.6. The normalized spacial score (nSPS) is 10.2. The van der Waals surface area contributed by atoms with Gasteiger partial charge >= 0.3 is 0 Å². The zero-order valence-corrected chi connectivity index (χ0v) is 10.6. The van der Waals surface area contributed by atoms with Crippen molar-refractivity contribution < 1.29 is 4.79 Å². The highest BCUT2D eigenvalue weighted by molar-refractivity contribution is 6.06. The summed E-state index contributed by atoms with van der Waals surface area (Å²) in [6.45, 7) is 1.90. The largest absolute Gasteiger partial charge is 0.384 e. The van der Waals surface area contributed by atoms with Crippen LogP contribution in [0.1, 0.15) is 21.5 Å². The monoisotopic (exact) mass is 253 g/mol. The molecular formula is C15H15N3O.